The van der Waals surface area contributed by atoms with E-state index in [9.17, 15) is 4.79 Å². The zero-order valence-electron chi connectivity index (χ0n) is 8.95. The molecule has 0 aromatic carbocycles. The van der Waals surface area contributed by atoms with Crippen LogP contribution in [0, 0.1) is 0 Å². The topological polar surface area (TPSA) is 55.1 Å². The number of oxazole rings is 1. The molecule has 0 atom stereocenters. The van der Waals surface area contributed by atoms with Crippen LogP contribution in [-0.2, 0) is 11.2 Å². The lowest BCUT2D eigenvalue weighted by Crippen LogP contribution is -2.26. The second-order valence-electron chi connectivity index (χ2n) is 4.07. The highest BCUT2D eigenvalue weighted by Crippen LogP contribution is 2.24. The molecule has 2 rings (SSSR count). The summed E-state index contributed by atoms with van der Waals surface area (Å²) in [7, 11) is 0. The monoisotopic (exact) mass is 208 g/mol. The minimum atomic E-state index is 0.114. The molecule has 0 aliphatic carbocycles. The molecule has 1 saturated heterocycles. The molecule has 0 radical (unpaired) electrons. The Bertz CT molecular complexity index is 340. The lowest BCUT2D eigenvalue weighted by molar-refractivity contribution is -0.116. The maximum absolute atomic E-state index is 10.9. The van der Waals surface area contributed by atoms with Gasteiger partial charge in [0.25, 0.3) is 0 Å². The van der Waals surface area contributed by atoms with Gasteiger partial charge in [0.1, 0.15) is 11.5 Å². The molecule has 2 heterocycles. The zero-order valence-corrected chi connectivity index (χ0v) is 8.95. The van der Waals surface area contributed by atoms with Gasteiger partial charge in [0.05, 0.1) is 12.6 Å². The van der Waals surface area contributed by atoms with Crippen LogP contribution in [0.4, 0.5) is 0 Å². The summed E-state index contributed by atoms with van der Waals surface area (Å²) in [5, 5.41) is 3.30. The van der Waals surface area contributed by atoms with Crippen LogP contribution in [0.15, 0.2) is 10.6 Å². The molecule has 0 saturated carbocycles. The van der Waals surface area contributed by atoms with E-state index in [2.05, 4.69) is 10.3 Å². The molecule has 0 amide bonds. The number of nitrogens with one attached hydrogen (secondary N) is 1. The van der Waals surface area contributed by atoms with Crippen LogP contribution in [0.1, 0.15) is 37.3 Å². The number of piperidine rings is 1. The molecule has 4 heteroatoms. The Morgan fingerprint density at radius 2 is 2.33 bits per heavy atom. The fourth-order valence-corrected chi connectivity index (χ4v) is 1.91. The van der Waals surface area contributed by atoms with Gasteiger partial charge in [-0.3, -0.25) is 4.79 Å². The van der Waals surface area contributed by atoms with Gasteiger partial charge in [-0.05, 0) is 32.9 Å². The lowest BCUT2D eigenvalue weighted by atomic mass is 9.98. The summed E-state index contributed by atoms with van der Waals surface area (Å²) in [5.41, 5.74) is 0. The van der Waals surface area contributed by atoms with E-state index >= 15 is 0 Å². The van der Waals surface area contributed by atoms with Gasteiger partial charge in [-0.2, -0.15) is 0 Å². The van der Waals surface area contributed by atoms with Crippen molar-refractivity contribution in [3.05, 3.63) is 17.8 Å². The minimum Gasteiger partial charge on any atom is -0.445 e. The number of carbonyl (C=O) groups excluding carboxylic acids is 1. The molecule has 0 spiro atoms. The van der Waals surface area contributed by atoms with E-state index in [1.165, 1.54) is 0 Å². The number of rotatable bonds is 3. The Morgan fingerprint density at radius 1 is 1.60 bits per heavy atom. The van der Waals surface area contributed by atoms with Gasteiger partial charge in [-0.15, -0.1) is 0 Å². The molecule has 1 aliphatic heterocycles. The van der Waals surface area contributed by atoms with Gasteiger partial charge in [-0.25, -0.2) is 4.98 Å². The van der Waals surface area contributed by atoms with Crippen molar-refractivity contribution in [2.24, 2.45) is 0 Å². The number of hydrogen-bond donors (Lipinski definition) is 1. The molecule has 1 aromatic rings. The SMILES string of the molecule is CC(=O)Cc1cnc(C2CCNCC2)o1. The molecule has 0 bridgehead atoms. The number of carbonyl (C=O) groups is 1. The largest absolute Gasteiger partial charge is 0.445 e. The van der Waals surface area contributed by atoms with Crippen LogP contribution in [0.3, 0.4) is 0 Å². The maximum atomic E-state index is 10.9. The first kappa shape index (κ1) is 10.4. The Morgan fingerprint density at radius 3 is 3.00 bits per heavy atom. The highest BCUT2D eigenvalue weighted by atomic mass is 16.4. The Hall–Kier alpha value is -1.16. The van der Waals surface area contributed by atoms with Gasteiger partial charge in [0.15, 0.2) is 5.89 Å². The van der Waals surface area contributed by atoms with Crippen molar-refractivity contribution in [3.8, 4) is 0 Å². The summed E-state index contributed by atoms with van der Waals surface area (Å²) in [6, 6.07) is 0. The van der Waals surface area contributed by atoms with Gasteiger partial charge in [0, 0.05) is 5.92 Å². The quantitative estimate of drug-likeness (QED) is 0.812. The van der Waals surface area contributed by atoms with Crippen LogP contribution in [-0.4, -0.2) is 23.9 Å². The number of Topliss-reactive ketones (excluding diaryl/α,β-unsaturated/α-hetero) is 1. The normalized spacial score (nSPS) is 17.9. The van der Waals surface area contributed by atoms with Crippen molar-refractivity contribution in [1.82, 2.24) is 10.3 Å². The van der Waals surface area contributed by atoms with Crippen molar-refractivity contribution in [2.75, 3.05) is 13.1 Å². The molecule has 15 heavy (non-hydrogen) atoms. The summed E-state index contributed by atoms with van der Waals surface area (Å²) < 4.78 is 5.57. The fraction of sp³-hybridized carbons (Fsp3) is 0.636. The predicted molar refractivity (Wildman–Crippen MR) is 55.7 cm³/mol. The van der Waals surface area contributed by atoms with Gasteiger partial charge < -0.3 is 9.73 Å². The van der Waals surface area contributed by atoms with Crippen LogP contribution in [0.2, 0.25) is 0 Å². The van der Waals surface area contributed by atoms with Crippen molar-refractivity contribution in [3.63, 3.8) is 0 Å². The number of hydrogen-bond acceptors (Lipinski definition) is 4. The first-order valence-corrected chi connectivity index (χ1v) is 5.40. The summed E-state index contributed by atoms with van der Waals surface area (Å²) >= 11 is 0. The van der Waals surface area contributed by atoms with Gasteiger partial charge in [0.2, 0.25) is 0 Å². The van der Waals surface area contributed by atoms with E-state index in [1.807, 2.05) is 0 Å². The van der Waals surface area contributed by atoms with Crippen LogP contribution in [0.5, 0.6) is 0 Å². The molecular formula is C11H16N2O2. The fourth-order valence-electron chi connectivity index (χ4n) is 1.91. The lowest BCUT2D eigenvalue weighted by Gasteiger charge is -2.19. The highest BCUT2D eigenvalue weighted by Gasteiger charge is 2.20. The molecule has 0 unspecified atom stereocenters. The van der Waals surface area contributed by atoms with Crippen molar-refractivity contribution in [1.29, 1.82) is 0 Å². The number of ketones is 1. The van der Waals surface area contributed by atoms with Crippen molar-refractivity contribution >= 4 is 5.78 Å². The van der Waals surface area contributed by atoms with Gasteiger partial charge in [-0.1, -0.05) is 0 Å². The third-order valence-corrected chi connectivity index (χ3v) is 2.68. The Labute approximate surface area is 89.1 Å². The van der Waals surface area contributed by atoms with E-state index in [1.54, 1.807) is 13.1 Å². The number of nitrogens with zero attached hydrogens (tertiary/aromatic N) is 1. The summed E-state index contributed by atoms with van der Waals surface area (Å²) in [6.45, 7) is 3.61. The van der Waals surface area contributed by atoms with Gasteiger partial charge >= 0.3 is 0 Å². The standard InChI is InChI=1S/C11H16N2O2/c1-8(14)6-10-7-13-11(15-10)9-2-4-12-5-3-9/h7,9,12H,2-6H2,1H3. The molecule has 4 nitrogen and oxygen atoms in total. The van der Waals surface area contributed by atoms with E-state index < -0.39 is 0 Å². The minimum absolute atomic E-state index is 0.114. The Kier molecular flexibility index (Phi) is 3.16. The second kappa shape index (κ2) is 4.57. The smallest absolute Gasteiger partial charge is 0.197 e. The first-order chi connectivity index (χ1) is 7.25. The molecule has 1 fully saturated rings. The van der Waals surface area contributed by atoms with E-state index in [0.717, 1.165) is 31.8 Å². The average Bonchev–Trinajstić information content (AvgIpc) is 2.67. The van der Waals surface area contributed by atoms with Crippen LogP contribution < -0.4 is 5.32 Å². The summed E-state index contributed by atoms with van der Waals surface area (Å²) in [4.78, 5) is 15.1. The molecule has 1 aromatic heterocycles. The van der Waals surface area contributed by atoms with E-state index in [-0.39, 0.29) is 5.78 Å². The molecule has 82 valence electrons. The molecule has 1 N–H and O–H groups in total. The summed E-state index contributed by atoms with van der Waals surface area (Å²) in [6.07, 6.45) is 4.18. The van der Waals surface area contributed by atoms with Crippen molar-refractivity contribution < 1.29 is 9.21 Å². The summed E-state index contributed by atoms with van der Waals surface area (Å²) in [5.74, 6) is 2.03. The highest BCUT2D eigenvalue weighted by molar-refractivity contribution is 5.77. The number of aromatic nitrogens is 1. The average molecular weight is 208 g/mol. The predicted octanol–water partition coefficient (Wildman–Crippen LogP) is 1.27. The van der Waals surface area contributed by atoms with E-state index in [4.69, 9.17) is 4.42 Å². The zero-order chi connectivity index (χ0) is 10.7. The van der Waals surface area contributed by atoms with Crippen LogP contribution in [0.25, 0.3) is 0 Å². The third-order valence-electron chi connectivity index (χ3n) is 2.68. The molecule has 1 aliphatic rings. The van der Waals surface area contributed by atoms with E-state index in [0.29, 0.717) is 18.1 Å². The third kappa shape index (κ3) is 2.65. The first-order valence-electron chi connectivity index (χ1n) is 5.40. The van der Waals surface area contributed by atoms with Crippen molar-refractivity contribution in [2.45, 2.75) is 32.1 Å². The van der Waals surface area contributed by atoms with Crippen LogP contribution >= 0.6 is 0 Å². The molecular weight excluding hydrogens is 192 g/mol. The maximum Gasteiger partial charge on any atom is 0.197 e. The second-order valence-corrected chi connectivity index (χ2v) is 4.07. The Balaban J connectivity index is 2.02.